The summed E-state index contributed by atoms with van der Waals surface area (Å²) in [5, 5.41) is 17.0. The summed E-state index contributed by atoms with van der Waals surface area (Å²) >= 11 is 3.29. The van der Waals surface area contributed by atoms with Crippen LogP contribution in [0.15, 0.2) is 76.5 Å². The molecule has 146 valence electrons. The SMILES string of the molecule is N/C(=N\O)c1ccc(C(=O)Nc2ccccc2C(=O)Nc2ccc(Br)cn2)cc1. The van der Waals surface area contributed by atoms with E-state index < -0.39 is 11.8 Å². The first-order chi connectivity index (χ1) is 14.0. The first-order valence-corrected chi connectivity index (χ1v) is 9.18. The Morgan fingerprint density at radius 3 is 2.28 bits per heavy atom. The first-order valence-electron chi connectivity index (χ1n) is 8.39. The van der Waals surface area contributed by atoms with Crippen LogP contribution in [0, 0.1) is 0 Å². The average Bonchev–Trinajstić information content (AvgIpc) is 2.75. The number of rotatable bonds is 5. The van der Waals surface area contributed by atoms with Crippen molar-refractivity contribution in [1.82, 2.24) is 4.98 Å². The van der Waals surface area contributed by atoms with Crippen molar-refractivity contribution < 1.29 is 14.8 Å². The Kier molecular flexibility index (Phi) is 6.20. The van der Waals surface area contributed by atoms with E-state index in [4.69, 9.17) is 10.9 Å². The van der Waals surface area contributed by atoms with Gasteiger partial charge in [-0.15, -0.1) is 0 Å². The van der Waals surface area contributed by atoms with Crippen molar-refractivity contribution in [3.63, 3.8) is 0 Å². The van der Waals surface area contributed by atoms with Crippen LogP contribution >= 0.6 is 15.9 Å². The Hall–Kier alpha value is -3.72. The molecule has 3 aromatic rings. The minimum atomic E-state index is -0.405. The van der Waals surface area contributed by atoms with Crippen molar-refractivity contribution in [3.05, 3.63) is 88.0 Å². The molecule has 0 aliphatic rings. The van der Waals surface area contributed by atoms with Crippen molar-refractivity contribution in [3.8, 4) is 0 Å². The summed E-state index contributed by atoms with van der Waals surface area (Å²) in [6, 6.07) is 16.3. The van der Waals surface area contributed by atoms with Crippen LogP contribution in [-0.4, -0.2) is 27.8 Å². The number of nitrogens with zero attached hydrogens (tertiary/aromatic N) is 2. The van der Waals surface area contributed by atoms with Crippen LogP contribution in [-0.2, 0) is 0 Å². The van der Waals surface area contributed by atoms with Gasteiger partial charge in [-0.05, 0) is 52.3 Å². The minimum Gasteiger partial charge on any atom is -0.409 e. The van der Waals surface area contributed by atoms with E-state index in [1.54, 1.807) is 54.7 Å². The Morgan fingerprint density at radius 1 is 0.931 bits per heavy atom. The molecule has 0 bridgehead atoms. The van der Waals surface area contributed by atoms with E-state index in [0.29, 0.717) is 28.2 Å². The maximum atomic E-state index is 12.6. The highest BCUT2D eigenvalue weighted by molar-refractivity contribution is 9.10. The molecule has 1 heterocycles. The monoisotopic (exact) mass is 453 g/mol. The maximum absolute atomic E-state index is 12.6. The van der Waals surface area contributed by atoms with Gasteiger partial charge >= 0.3 is 0 Å². The summed E-state index contributed by atoms with van der Waals surface area (Å²) in [5.74, 6) is -0.477. The Balaban J connectivity index is 1.77. The van der Waals surface area contributed by atoms with Crippen LogP contribution in [0.2, 0.25) is 0 Å². The second kappa shape index (κ2) is 8.98. The number of hydrogen-bond donors (Lipinski definition) is 4. The van der Waals surface area contributed by atoms with Gasteiger partial charge in [0, 0.05) is 21.8 Å². The molecule has 3 rings (SSSR count). The van der Waals surface area contributed by atoms with Gasteiger partial charge in [0.15, 0.2) is 5.84 Å². The van der Waals surface area contributed by atoms with E-state index in [1.807, 2.05) is 0 Å². The van der Waals surface area contributed by atoms with E-state index in [-0.39, 0.29) is 5.84 Å². The second-order valence-electron chi connectivity index (χ2n) is 5.88. The van der Waals surface area contributed by atoms with Crippen LogP contribution in [0.5, 0.6) is 0 Å². The van der Waals surface area contributed by atoms with Crippen molar-refractivity contribution in [2.45, 2.75) is 0 Å². The predicted octanol–water partition coefficient (Wildman–Crippen LogP) is 3.44. The molecule has 29 heavy (non-hydrogen) atoms. The number of anilines is 2. The van der Waals surface area contributed by atoms with Gasteiger partial charge in [0.25, 0.3) is 11.8 Å². The molecule has 0 radical (unpaired) electrons. The molecule has 5 N–H and O–H groups in total. The molecule has 8 nitrogen and oxygen atoms in total. The molecule has 0 saturated carbocycles. The third-order valence-electron chi connectivity index (χ3n) is 3.94. The molecule has 0 aliphatic heterocycles. The fourth-order valence-corrected chi connectivity index (χ4v) is 2.70. The number of halogens is 1. The largest absolute Gasteiger partial charge is 0.409 e. The third kappa shape index (κ3) is 4.96. The second-order valence-corrected chi connectivity index (χ2v) is 6.79. The molecule has 9 heteroatoms. The van der Waals surface area contributed by atoms with Crippen molar-refractivity contribution >= 4 is 45.1 Å². The number of oxime groups is 1. The highest BCUT2D eigenvalue weighted by Gasteiger charge is 2.15. The number of nitrogens with one attached hydrogen (secondary N) is 2. The average molecular weight is 454 g/mol. The minimum absolute atomic E-state index is 0.0551. The molecule has 0 fully saturated rings. The molecule has 1 aromatic heterocycles. The van der Waals surface area contributed by atoms with E-state index in [0.717, 1.165) is 4.47 Å². The van der Waals surface area contributed by atoms with Crippen molar-refractivity contribution in [2.75, 3.05) is 10.6 Å². The van der Waals surface area contributed by atoms with Gasteiger partial charge in [0.1, 0.15) is 5.82 Å². The summed E-state index contributed by atoms with van der Waals surface area (Å²) in [7, 11) is 0. The van der Waals surface area contributed by atoms with Gasteiger partial charge in [0.05, 0.1) is 11.3 Å². The van der Waals surface area contributed by atoms with Gasteiger partial charge < -0.3 is 21.6 Å². The van der Waals surface area contributed by atoms with E-state index in [2.05, 4.69) is 36.7 Å². The summed E-state index contributed by atoms with van der Waals surface area (Å²) in [6.07, 6.45) is 1.57. The number of carbonyl (C=O) groups excluding carboxylic acids is 2. The zero-order chi connectivity index (χ0) is 20.8. The lowest BCUT2D eigenvalue weighted by Gasteiger charge is -2.11. The zero-order valence-corrected chi connectivity index (χ0v) is 16.6. The normalized spacial score (nSPS) is 11.0. The molecular formula is C20H16BrN5O3. The van der Waals surface area contributed by atoms with Crippen molar-refractivity contribution in [1.29, 1.82) is 0 Å². The molecule has 0 atom stereocenters. The summed E-state index contributed by atoms with van der Waals surface area (Å²) in [5.41, 5.74) is 6.99. The predicted molar refractivity (Wildman–Crippen MR) is 113 cm³/mol. The molecule has 0 saturated heterocycles. The van der Waals surface area contributed by atoms with Crippen LogP contribution in [0.3, 0.4) is 0 Å². The van der Waals surface area contributed by atoms with Gasteiger partial charge in [0.2, 0.25) is 0 Å². The van der Waals surface area contributed by atoms with Crippen LogP contribution < -0.4 is 16.4 Å². The highest BCUT2D eigenvalue weighted by Crippen LogP contribution is 2.19. The number of carbonyl (C=O) groups is 2. The van der Waals surface area contributed by atoms with Gasteiger partial charge in [-0.25, -0.2) is 4.98 Å². The summed E-state index contributed by atoms with van der Waals surface area (Å²) in [4.78, 5) is 29.3. The smallest absolute Gasteiger partial charge is 0.258 e. The number of pyridine rings is 1. The van der Waals surface area contributed by atoms with Crippen LogP contribution in [0.25, 0.3) is 0 Å². The number of hydrogen-bond acceptors (Lipinski definition) is 5. The summed E-state index contributed by atoms with van der Waals surface area (Å²) < 4.78 is 0.793. The molecular weight excluding hydrogens is 438 g/mol. The third-order valence-corrected chi connectivity index (χ3v) is 4.41. The molecule has 0 spiro atoms. The number of amides is 2. The number of nitrogens with two attached hydrogens (primary N) is 1. The molecule has 2 amide bonds. The standard InChI is InChI=1S/C20H16BrN5O3/c21-14-9-10-17(23-11-14)25-20(28)15-3-1-2-4-16(15)24-19(27)13-7-5-12(6-8-13)18(22)26-29/h1-11,29H,(H2,22,26)(H,24,27)(H,23,25,28). The molecule has 2 aromatic carbocycles. The lowest BCUT2D eigenvalue weighted by molar-refractivity contribution is 0.102. The van der Waals surface area contributed by atoms with E-state index in [9.17, 15) is 9.59 Å². The molecule has 0 aliphatic carbocycles. The fourth-order valence-electron chi connectivity index (χ4n) is 2.47. The first kappa shape index (κ1) is 20.0. The van der Waals surface area contributed by atoms with Crippen LogP contribution in [0.4, 0.5) is 11.5 Å². The Labute approximate surface area is 174 Å². The quantitative estimate of drug-likeness (QED) is 0.203. The Bertz CT molecular complexity index is 1070. The lowest BCUT2D eigenvalue weighted by Crippen LogP contribution is -2.19. The summed E-state index contributed by atoms with van der Waals surface area (Å²) in [6.45, 7) is 0. The van der Waals surface area contributed by atoms with Gasteiger partial charge in [-0.3, -0.25) is 9.59 Å². The van der Waals surface area contributed by atoms with Crippen molar-refractivity contribution in [2.24, 2.45) is 10.9 Å². The highest BCUT2D eigenvalue weighted by atomic mass is 79.9. The number of benzene rings is 2. The van der Waals surface area contributed by atoms with E-state index >= 15 is 0 Å². The van der Waals surface area contributed by atoms with Gasteiger partial charge in [-0.2, -0.15) is 0 Å². The van der Waals surface area contributed by atoms with Crippen LogP contribution in [0.1, 0.15) is 26.3 Å². The van der Waals surface area contributed by atoms with E-state index in [1.165, 1.54) is 12.1 Å². The topological polar surface area (TPSA) is 130 Å². The molecule has 0 unspecified atom stereocenters. The fraction of sp³-hybridized carbons (Fsp3) is 0. The zero-order valence-electron chi connectivity index (χ0n) is 15.0. The number of para-hydroxylation sites is 1. The maximum Gasteiger partial charge on any atom is 0.258 e. The number of aromatic nitrogens is 1. The Morgan fingerprint density at radius 2 is 1.62 bits per heavy atom. The lowest BCUT2D eigenvalue weighted by atomic mass is 10.1. The van der Waals surface area contributed by atoms with Gasteiger partial charge in [-0.1, -0.05) is 29.4 Å². The number of amidine groups is 1.